The van der Waals surface area contributed by atoms with Crippen LogP contribution in [-0.2, 0) is 14.9 Å². The molecule has 9 heteroatoms. The molecule has 2 aromatic carbocycles. The number of nitrogens with zero attached hydrogens (tertiary/aromatic N) is 4. The van der Waals surface area contributed by atoms with Crippen molar-refractivity contribution in [3.63, 3.8) is 0 Å². The van der Waals surface area contributed by atoms with Crippen LogP contribution in [0.15, 0.2) is 42.5 Å². The second kappa shape index (κ2) is 8.41. The summed E-state index contributed by atoms with van der Waals surface area (Å²) in [5.41, 5.74) is 1.52. The van der Waals surface area contributed by atoms with Crippen molar-refractivity contribution in [2.24, 2.45) is 0 Å². The fraction of sp³-hybridized carbons (Fsp3) is 0.333. The zero-order valence-electron chi connectivity index (χ0n) is 16.8. The number of rotatable bonds is 5. The summed E-state index contributed by atoms with van der Waals surface area (Å²) in [5.74, 6) is 1.12. The first kappa shape index (κ1) is 20.3. The summed E-state index contributed by atoms with van der Waals surface area (Å²) in [5, 5.41) is 15.3. The van der Waals surface area contributed by atoms with Crippen LogP contribution in [0.2, 0.25) is 5.02 Å². The molecule has 0 atom stereocenters. The molecule has 0 saturated carbocycles. The van der Waals surface area contributed by atoms with Crippen molar-refractivity contribution >= 4 is 23.2 Å². The van der Waals surface area contributed by atoms with Gasteiger partial charge in [0.05, 0.1) is 12.5 Å². The Labute approximate surface area is 179 Å². The van der Waals surface area contributed by atoms with Gasteiger partial charge in [-0.2, -0.15) is 4.68 Å². The lowest BCUT2D eigenvalue weighted by Crippen LogP contribution is -2.44. The van der Waals surface area contributed by atoms with Gasteiger partial charge >= 0.3 is 0 Å². The Morgan fingerprint density at radius 1 is 1.20 bits per heavy atom. The molecule has 0 bridgehead atoms. The van der Waals surface area contributed by atoms with Gasteiger partial charge in [0.1, 0.15) is 11.4 Å². The van der Waals surface area contributed by atoms with Gasteiger partial charge in [-0.05, 0) is 66.1 Å². The minimum Gasteiger partial charge on any atom is -0.494 e. The quantitative estimate of drug-likeness (QED) is 0.671. The van der Waals surface area contributed by atoms with Gasteiger partial charge < -0.3 is 14.8 Å². The van der Waals surface area contributed by atoms with E-state index in [-0.39, 0.29) is 5.91 Å². The van der Waals surface area contributed by atoms with Gasteiger partial charge in [0.25, 0.3) is 0 Å². The van der Waals surface area contributed by atoms with E-state index in [2.05, 4.69) is 20.8 Å². The number of ether oxygens (including phenoxy) is 2. The number of aromatic nitrogens is 4. The Balaban J connectivity index is 1.68. The van der Waals surface area contributed by atoms with E-state index in [1.54, 1.807) is 36.9 Å². The number of hydrogen-bond acceptors (Lipinski definition) is 6. The van der Waals surface area contributed by atoms with Crippen molar-refractivity contribution in [2.75, 3.05) is 25.6 Å². The van der Waals surface area contributed by atoms with Crippen molar-refractivity contribution in [3.8, 4) is 11.4 Å². The van der Waals surface area contributed by atoms with Gasteiger partial charge in [0.2, 0.25) is 5.91 Å². The Hall–Kier alpha value is -2.97. The van der Waals surface area contributed by atoms with Crippen LogP contribution in [0.4, 0.5) is 5.69 Å². The Morgan fingerprint density at radius 2 is 1.93 bits per heavy atom. The molecule has 1 saturated heterocycles. The SMILES string of the molecule is COc1ccc(NC(=O)C2(c3ccc(Cl)cc3)CCOCC2)cc1-n1nnnc1C. The van der Waals surface area contributed by atoms with Gasteiger partial charge in [0, 0.05) is 23.9 Å². The average Bonchev–Trinajstić information content (AvgIpc) is 3.20. The van der Waals surface area contributed by atoms with Crippen LogP contribution in [0.1, 0.15) is 24.2 Å². The molecule has 1 N–H and O–H groups in total. The van der Waals surface area contributed by atoms with Gasteiger partial charge in [-0.1, -0.05) is 23.7 Å². The van der Waals surface area contributed by atoms with Crippen LogP contribution in [-0.4, -0.2) is 46.4 Å². The number of amides is 1. The van der Waals surface area contributed by atoms with Crippen molar-refractivity contribution in [3.05, 3.63) is 58.9 Å². The minimum atomic E-state index is -0.687. The number of tetrazole rings is 1. The topological polar surface area (TPSA) is 91.2 Å². The van der Waals surface area contributed by atoms with Crippen molar-refractivity contribution in [1.82, 2.24) is 20.2 Å². The van der Waals surface area contributed by atoms with E-state index in [1.807, 2.05) is 24.3 Å². The third-order valence-corrected chi connectivity index (χ3v) is 5.72. The third kappa shape index (κ3) is 3.76. The van der Waals surface area contributed by atoms with E-state index in [9.17, 15) is 4.79 Å². The van der Waals surface area contributed by atoms with Crippen LogP contribution < -0.4 is 10.1 Å². The molecular weight excluding hydrogens is 406 g/mol. The second-order valence-electron chi connectivity index (χ2n) is 7.18. The molecule has 2 heterocycles. The molecule has 1 amide bonds. The predicted molar refractivity (Wildman–Crippen MR) is 112 cm³/mol. The van der Waals surface area contributed by atoms with Gasteiger partial charge in [-0.3, -0.25) is 4.79 Å². The number of carbonyl (C=O) groups excluding carboxylic acids is 1. The molecule has 1 fully saturated rings. The highest BCUT2D eigenvalue weighted by molar-refractivity contribution is 6.30. The fourth-order valence-electron chi connectivity index (χ4n) is 3.77. The largest absolute Gasteiger partial charge is 0.494 e. The lowest BCUT2D eigenvalue weighted by atomic mass is 9.73. The first-order valence-electron chi connectivity index (χ1n) is 9.62. The molecular formula is C21H22ClN5O3. The molecule has 1 aliphatic heterocycles. The molecule has 0 spiro atoms. The molecule has 8 nitrogen and oxygen atoms in total. The third-order valence-electron chi connectivity index (χ3n) is 5.47. The number of benzene rings is 2. The van der Waals surface area contributed by atoms with Crippen LogP contribution in [0.3, 0.4) is 0 Å². The number of carbonyl (C=O) groups is 1. The van der Waals surface area contributed by atoms with E-state index in [4.69, 9.17) is 21.1 Å². The van der Waals surface area contributed by atoms with E-state index in [0.717, 1.165) is 5.56 Å². The number of halogens is 1. The normalized spacial score (nSPS) is 15.6. The zero-order valence-corrected chi connectivity index (χ0v) is 17.5. The fourth-order valence-corrected chi connectivity index (χ4v) is 3.90. The Kier molecular flexibility index (Phi) is 5.69. The summed E-state index contributed by atoms with van der Waals surface area (Å²) in [6.07, 6.45) is 1.19. The predicted octanol–water partition coefficient (Wildman–Crippen LogP) is 3.32. The Bertz CT molecular complexity index is 1050. The van der Waals surface area contributed by atoms with E-state index in [0.29, 0.717) is 54.0 Å². The molecule has 3 aromatic rings. The average molecular weight is 428 g/mol. The summed E-state index contributed by atoms with van der Waals surface area (Å²) in [4.78, 5) is 13.5. The summed E-state index contributed by atoms with van der Waals surface area (Å²) in [7, 11) is 1.58. The van der Waals surface area contributed by atoms with E-state index < -0.39 is 5.41 Å². The maximum Gasteiger partial charge on any atom is 0.235 e. The summed E-state index contributed by atoms with van der Waals surface area (Å²) in [6, 6.07) is 12.8. The molecule has 156 valence electrons. The summed E-state index contributed by atoms with van der Waals surface area (Å²) in [6.45, 7) is 2.84. The molecule has 1 aromatic heterocycles. The standard InChI is InChI=1S/C21H22ClN5O3/c1-14-24-25-26-27(14)18-13-17(7-8-19(18)29-2)23-20(28)21(9-11-30-12-10-21)15-3-5-16(22)6-4-15/h3-8,13H,9-12H2,1-2H3,(H,23,28). The second-order valence-corrected chi connectivity index (χ2v) is 7.62. The highest BCUT2D eigenvalue weighted by Gasteiger charge is 2.41. The first-order chi connectivity index (χ1) is 14.5. The van der Waals surface area contributed by atoms with E-state index in [1.165, 1.54) is 0 Å². The summed E-state index contributed by atoms with van der Waals surface area (Å²) >= 11 is 6.06. The molecule has 30 heavy (non-hydrogen) atoms. The number of hydrogen-bond donors (Lipinski definition) is 1. The molecule has 1 aliphatic rings. The molecule has 0 aliphatic carbocycles. The Morgan fingerprint density at radius 3 is 2.57 bits per heavy atom. The lowest BCUT2D eigenvalue weighted by Gasteiger charge is -2.36. The van der Waals surface area contributed by atoms with Crippen LogP contribution in [0, 0.1) is 6.92 Å². The lowest BCUT2D eigenvalue weighted by molar-refractivity contribution is -0.125. The maximum atomic E-state index is 13.5. The van der Waals surface area contributed by atoms with Crippen LogP contribution in [0.5, 0.6) is 5.75 Å². The van der Waals surface area contributed by atoms with Crippen molar-refractivity contribution < 1.29 is 14.3 Å². The van der Waals surface area contributed by atoms with Gasteiger partial charge in [-0.25, -0.2) is 0 Å². The summed E-state index contributed by atoms with van der Waals surface area (Å²) < 4.78 is 12.5. The number of methoxy groups -OCH3 is 1. The van der Waals surface area contributed by atoms with Gasteiger partial charge in [-0.15, -0.1) is 5.10 Å². The zero-order chi connectivity index (χ0) is 21.1. The van der Waals surface area contributed by atoms with Crippen LogP contribution in [0.25, 0.3) is 5.69 Å². The molecule has 4 rings (SSSR count). The number of nitrogens with one attached hydrogen (secondary N) is 1. The monoisotopic (exact) mass is 427 g/mol. The minimum absolute atomic E-state index is 0.0855. The van der Waals surface area contributed by atoms with E-state index >= 15 is 0 Å². The molecule has 0 unspecified atom stereocenters. The highest BCUT2D eigenvalue weighted by Crippen LogP contribution is 2.37. The molecule has 0 radical (unpaired) electrons. The maximum absolute atomic E-state index is 13.5. The number of anilines is 1. The first-order valence-corrected chi connectivity index (χ1v) is 10.00. The van der Waals surface area contributed by atoms with Crippen molar-refractivity contribution in [2.45, 2.75) is 25.2 Å². The smallest absolute Gasteiger partial charge is 0.235 e. The number of aryl methyl sites for hydroxylation is 1. The highest BCUT2D eigenvalue weighted by atomic mass is 35.5. The van der Waals surface area contributed by atoms with Gasteiger partial charge in [0.15, 0.2) is 5.82 Å². The van der Waals surface area contributed by atoms with Crippen LogP contribution >= 0.6 is 11.6 Å². The van der Waals surface area contributed by atoms with Crippen molar-refractivity contribution in [1.29, 1.82) is 0 Å².